The van der Waals surface area contributed by atoms with Gasteiger partial charge in [0.25, 0.3) is 0 Å². The second-order valence-electron chi connectivity index (χ2n) is 4.41. The highest BCUT2D eigenvalue weighted by atomic mass is 79.9. The Kier molecular flexibility index (Phi) is 4.98. The Balaban J connectivity index is 2.09. The van der Waals surface area contributed by atoms with Gasteiger partial charge in [-0.05, 0) is 46.6 Å². The van der Waals surface area contributed by atoms with Crippen LogP contribution in [0.4, 0.5) is 0 Å². The summed E-state index contributed by atoms with van der Waals surface area (Å²) in [5.41, 5.74) is 6.65. The van der Waals surface area contributed by atoms with E-state index in [1.165, 1.54) is 11.3 Å². The maximum Gasteiger partial charge on any atom is 0.240 e. The summed E-state index contributed by atoms with van der Waals surface area (Å²) >= 11 is 4.84. The molecular formula is C13H15BrN2O2S2. The van der Waals surface area contributed by atoms with Crippen molar-refractivity contribution in [3.05, 3.63) is 50.6 Å². The van der Waals surface area contributed by atoms with Gasteiger partial charge in [-0.25, -0.2) is 13.1 Å². The molecule has 0 bridgehead atoms. The predicted molar refractivity (Wildman–Crippen MR) is 85.1 cm³/mol. The number of benzene rings is 1. The average Bonchev–Trinajstić information content (AvgIpc) is 2.82. The zero-order valence-corrected chi connectivity index (χ0v) is 14.1. The lowest BCUT2D eigenvalue weighted by atomic mass is 10.1. The zero-order valence-electron chi connectivity index (χ0n) is 10.8. The Morgan fingerprint density at radius 1 is 1.35 bits per heavy atom. The van der Waals surface area contributed by atoms with Crippen LogP contribution in [0.2, 0.25) is 0 Å². The summed E-state index contributed by atoms with van der Waals surface area (Å²) < 4.78 is 27.8. The summed E-state index contributed by atoms with van der Waals surface area (Å²) in [5.74, 6) is 0. The average molecular weight is 375 g/mol. The second kappa shape index (κ2) is 6.36. The molecule has 0 radical (unpaired) electrons. The van der Waals surface area contributed by atoms with Gasteiger partial charge in [0, 0.05) is 27.3 Å². The SMILES string of the molecule is CC(N)c1ccc(S(=O)(=O)NCc2cc(Br)cs2)cc1. The molecule has 1 atom stereocenters. The quantitative estimate of drug-likeness (QED) is 0.844. The third-order valence-electron chi connectivity index (χ3n) is 2.77. The van der Waals surface area contributed by atoms with Crippen molar-refractivity contribution in [2.24, 2.45) is 5.73 Å². The van der Waals surface area contributed by atoms with E-state index in [0.717, 1.165) is 14.9 Å². The minimum Gasteiger partial charge on any atom is -0.324 e. The van der Waals surface area contributed by atoms with Crippen LogP contribution in [-0.4, -0.2) is 8.42 Å². The molecule has 1 aromatic carbocycles. The van der Waals surface area contributed by atoms with Crippen molar-refractivity contribution in [2.75, 3.05) is 0 Å². The van der Waals surface area contributed by atoms with E-state index >= 15 is 0 Å². The lowest BCUT2D eigenvalue weighted by molar-refractivity contribution is 0.581. The smallest absolute Gasteiger partial charge is 0.240 e. The molecule has 0 aliphatic carbocycles. The first-order chi connectivity index (χ1) is 9.38. The molecular weight excluding hydrogens is 360 g/mol. The normalized spacial score (nSPS) is 13.3. The van der Waals surface area contributed by atoms with E-state index < -0.39 is 10.0 Å². The van der Waals surface area contributed by atoms with Gasteiger partial charge in [0.05, 0.1) is 4.90 Å². The molecule has 2 aromatic rings. The third-order valence-corrected chi connectivity index (χ3v) is 5.89. The third kappa shape index (κ3) is 3.89. The van der Waals surface area contributed by atoms with Gasteiger partial charge >= 0.3 is 0 Å². The number of nitrogens with one attached hydrogen (secondary N) is 1. The van der Waals surface area contributed by atoms with Crippen LogP contribution < -0.4 is 10.5 Å². The van der Waals surface area contributed by atoms with Gasteiger partial charge in [-0.2, -0.15) is 0 Å². The van der Waals surface area contributed by atoms with Gasteiger partial charge in [-0.1, -0.05) is 12.1 Å². The highest BCUT2D eigenvalue weighted by molar-refractivity contribution is 9.10. The summed E-state index contributed by atoms with van der Waals surface area (Å²) in [4.78, 5) is 1.20. The standard InChI is InChI=1S/C13H15BrN2O2S2/c1-9(15)10-2-4-13(5-3-10)20(17,18)16-7-12-6-11(14)8-19-12/h2-6,8-9,16H,7,15H2,1H3. The van der Waals surface area contributed by atoms with Gasteiger partial charge in [0.1, 0.15) is 0 Å². The van der Waals surface area contributed by atoms with Gasteiger partial charge < -0.3 is 5.73 Å². The summed E-state index contributed by atoms with van der Waals surface area (Å²) in [5, 5.41) is 1.92. The fraction of sp³-hybridized carbons (Fsp3) is 0.231. The number of rotatable bonds is 5. The lowest BCUT2D eigenvalue weighted by Crippen LogP contribution is -2.22. The predicted octanol–water partition coefficient (Wildman–Crippen LogP) is 3.01. The Morgan fingerprint density at radius 3 is 2.50 bits per heavy atom. The molecule has 0 saturated carbocycles. The summed E-state index contributed by atoms with van der Waals surface area (Å²) in [7, 11) is -3.49. The number of nitrogens with two attached hydrogens (primary N) is 1. The monoisotopic (exact) mass is 374 g/mol. The summed E-state index contributed by atoms with van der Waals surface area (Å²) in [6.45, 7) is 2.14. The van der Waals surface area contributed by atoms with Crippen LogP contribution >= 0.6 is 27.3 Å². The van der Waals surface area contributed by atoms with Crippen molar-refractivity contribution in [2.45, 2.75) is 24.4 Å². The van der Waals surface area contributed by atoms with Crippen molar-refractivity contribution in [3.63, 3.8) is 0 Å². The summed E-state index contributed by atoms with van der Waals surface area (Å²) in [6.07, 6.45) is 0. The highest BCUT2D eigenvalue weighted by Gasteiger charge is 2.14. The van der Waals surface area contributed by atoms with Crippen LogP contribution in [0.3, 0.4) is 0 Å². The van der Waals surface area contributed by atoms with Crippen molar-refractivity contribution >= 4 is 37.3 Å². The first-order valence-electron chi connectivity index (χ1n) is 5.96. The fourth-order valence-electron chi connectivity index (χ4n) is 1.65. The van der Waals surface area contributed by atoms with Crippen LogP contribution in [0.5, 0.6) is 0 Å². The van der Waals surface area contributed by atoms with Crippen LogP contribution in [0.1, 0.15) is 23.4 Å². The first-order valence-corrected chi connectivity index (χ1v) is 9.12. The number of halogens is 1. The number of hydrogen-bond acceptors (Lipinski definition) is 4. The molecule has 1 unspecified atom stereocenters. The number of hydrogen-bond donors (Lipinski definition) is 2. The second-order valence-corrected chi connectivity index (χ2v) is 8.09. The van der Waals surface area contributed by atoms with E-state index in [1.807, 2.05) is 18.4 Å². The molecule has 108 valence electrons. The Labute approximate surface area is 131 Å². The lowest BCUT2D eigenvalue weighted by Gasteiger charge is -2.08. The van der Waals surface area contributed by atoms with Crippen molar-refractivity contribution in [1.29, 1.82) is 0 Å². The molecule has 0 spiro atoms. The van der Waals surface area contributed by atoms with Gasteiger partial charge in [-0.15, -0.1) is 11.3 Å². The molecule has 2 rings (SSSR count). The van der Waals surface area contributed by atoms with Crippen molar-refractivity contribution < 1.29 is 8.42 Å². The zero-order chi connectivity index (χ0) is 14.8. The van der Waals surface area contributed by atoms with E-state index in [1.54, 1.807) is 24.3 Å². The molecule has 1 aromatic heterocycles. The Bertz CT molecular complexity index is 679. The van der Waals surface area contributed by atoms with E-state index in [2.05, 4.69) is 20.7 Å². The van der Waals surface area contributed by atoms with Crippen LogP contribution in [0.25, 0.3) is 0 Å². The molecule has 0 fully saturated rings. The summed E-state index contributed by atoms with van der Waals surface area (Å²) in [6, 6.07) is 8.41. The molecule has 0 amide bonds. The number of thiophene rings is 1. The van der Waals surface area contributed by atoms with E-state index in [0.29, 0.717) is 0 Å². The first kappa shape index (κ1) is 15.7. The van der Waals surface area contributed by atoms with Crippen LogP contribution in [0, 0.1) is 0 Å². The van der Waals surface area contributed by atoms with Gasteiger partial charge in [-0.3, -0.25) is 0 Å². The van der Waals surface area contributed by atoms with Crippen LogP contribution in [0.15, 0.2) is 45.1 Å². The minimum absolute atomic E-state index is 0.108. The number of sulfonamides is 1. The highest BCUT2D eigenvalue weighted by Crippen LogP contribution is 2.20. The van der Waals surface area contributed by atoms with Gasteiger partial charge in [0.15, 0.2) is 0 Å². The van der Waals surface area contributed by atoms with Crippen molar-refractivity contribution in [3.8, 4) is 0 Å². The molecule has 1 heterocycles. The molecule has 4 nitrogen and oxygen atoms in total. The molecule has 7 heteroatoms. The minimum atomic E-state index is -3.49. The molecule has 0 aliphatic heterocycles. The largest absolute Gasteiger partial charge is 0.324 e. The van der Waals surface area contributed by atoms with Gasteiger partial charge in [0.2, 0.25) is 10.0 Å². The topological polar surface area (TPSA) is 72.2 Å². The maximum absolute atomic E-state index is 12.1. The van der Waals surface area contributed by atoms with Crippen molar-refractivity contribution in [1.82, 2.24) is 4.72 Å². The Hall–Kier alpha value is -0.730. The fourth-order valence-corrected chi connectivity index (χ4v) is 4.14. The van der Waals surface area contributed by atoms with E-state index in [-0.39, 0.29) is 17.5 Å². The molecule has 20 heavy (non-hydrogen) atoms. The molecule has 0 saturated heterocycles. The Morgan fingerprint density at radius 2 is 2.00 bits per heavy atom. The maximum atomic E-state index is 12.1. The van der Waals surface area contributed by atoms with Crippen LogP contribution in [-0.2, 0) is 16.6 Å². The van der Waals surface area contributed by atoms with E-state index in [4.69, 9.17) is 5.73 Å². The molecule has 3 N–H and O–H groups in total. The van der Waals surface area contributed by atoms with E-state index in [9.17, 15) is 8.42 Å². The molecule has 0 aliphatic rings.